The molecule has 0 atom stereocenters. The number of carbonyl (C=O) groups is 1. The van der Waals surface area contributed by atoms with E-state index in [9.17, 15) is 18.0 Å². The molecule has 0 aliphatic rings. The standard InChI is InChI=1S/C16H15ClF3N5O2/c17-14-5-4-12(7-13(14)16(18,19)20)27-8-15(26)23-10-2-1-3-11(6-10)25(9-21)24-22/h1-7,9,21,24H,8,22H2,(H,23,26). The second kappa shape index (κ2) is 8.71. The average molecular weight is 402 g/mol. The van der Waals surface area contributed by atoms with Crippen LogP contribution in [0.1, 0.15) is 5.56 Å². The fourth-order valence-corrected chi connectivity index (χ4v) is 2.30. The highest BCUT2D eigenvalue weighted by Crippen LogP contribution is 2.36. The summed E-state index contributed by atoms with van der Waals surface area (Å²) in [6, 6.07) is 9.40. The van der Waals surface area contributed by atoms with Gasteiger partial charge < -0.3 is 10.1 Å². The molecule has 7 nitrogen and oxygen atoms in total. The van der Waals surface area contributed by atoms with Crippen LogP contribution >= 0.6 is 11.6 Å². The number of anilines is 2. The van der Waals surface area contributed by atoms with Gasteiger partial charge in [0.25, 0.3) is 5.91 Å². The molecule has 0 spiro atoms. The zero-order valence-electron chi connectivity index (χ0n) is 13.7. The third-order valence-electron chi connectivity index (χ3n) is 3.29. The summed E-state index contributed by atoms with van der Waals surface area (Å²) in [6.45, 7) is -0.507. The maximum Gasteiger partial charge on any atom is 0.417 e. The maximum absolute atomic E-state index is 12.8. The summed E-state index contributed by atoms with van der Waals surface area (Å²) in [7, 11) is 0. The molecule has 0 aliphatic carbocycles. The largest absolute Gasteiger partial charge is 0.484 e. The van der Waals surface area contributed by atoms with Crippen LogP contribution in [0.4, 0.5) is 24.5 Å². The van der Waals surface area contributed by atoms with Gasteiger partial charge in [0.15, 0.2) is 6.61 Å². The van der Waals surface area contributed by atoms with Crippen molar-refractivity contribution in [3.05, 3.63) is 53.1 Å². The summed E-state index contributed by atoms with van der Waals surface area (Å²) in [5, 5.41) is 10.5. The Morgan fingerprint density at radius 2 is 2.04 bits per heavy atom. The van der Waals surface area contributed by atoms with E-state index in [1.807, 2.05) is 0 Å². The zero-order chi connectivity index (χ0) is 20.0. The molecule has 0 saturated heterocycles. The zero-order valence-corrected chi connectivity index (χ0v) is 14.4. The summed E-state index contributed by atoms with van der Waals surface area (Å²) in [5.41, 5.74) is 2.09. The molecular formula is C16H15ClF3N5O2. The van der Waals surface area contributed by atoms with E-state index in [2.05, 4.69) is 10.9 Å². The second-order valence-corrected chi connectivity index (χ2v) is 5.56. The first kappa shape index (κ1) is 20.5. The smallest absolute Gasteiger partial charge is 0.417 e. The Kier molecular flexibility index (Phi) is 6.61. The summed E-state index contributed by atoms with van der Waals surface area (Å²) in [5.74, 6) is 4.53. The van der Waals surface area contributed by atoms with Crippen molar-refractivity contribution >= 4 is 35.2 Å². The molecule has 11 heteroatoms. The number of benzene rings is 2. The lowest BCUT2D eigenvalue weighted by Crippen LogP contribution is -2.41. The molecule has 2 aromatic rings. The number of alkyl halides is 3. The number of hydrogen-bond acceptors (Lipinski definition) is 5. The minimum absolute atomic E-state index is 0.141. The van der Waals surface area contributed by atoms with E-state index in [1.165, 1.54) is 17.1 Å². The molecule has 0 aliphatic heterocycles. The van der Waals surface area contributed by atoms with E-state index < -0.39 is 29.3 Å². The van der Waals surface area contributed by atoms with Crippen LogP contribution in [0, 0.1) is 5.41 Å². The van der Waals surface area contributed by atoms with Crippen molar-refractivity contribution in [1.29, 1.82) is 5.41 Å². The first-order valence-electron chi connectivity index (χ1n) is 7.40. The SMILES string of the molecule is N=CN(NN)c1cccc(NC(=O)COc2ccc(Cl)c(C(F)(F)F)c2)c1. The Morgan fingerprint density at radius 1 is 1.30 bits per heavy atom. The molecule has 5 N–H and O–H groups in total. The number of carbonyl (C=O) groups excluding carboxylic acids is 1. The Morgan fingerprint density at radius 3 is 2.67 bits per heavy atom. The van der Waals surface area contributed by atoms with Crippen LogP contribution in [0.3, 0.4) is 0 Å². The van der Waals surface area contributed by atoms with E-state index in [0.29, 0.717) is 11.4 Å². The third kappa shape index (κ3) is 5.58. The van der Waals surface area contributed by atoms with E-state index in [-0.39, 0.29) is 5.75 Å². The van der Waals surface area contributed by atoms with E-state index in [4.69, 9.17) is 27.6 Å². The number of amides is 1. The molecular weight excluding hydrogens is 387 g/mol. The number of nitrogens with one attached hydrogen (secondary N) is 3. The summed E-state index contributed by atoms with van der Waals surface area (Å²) in [4.78, 5) is 12.0. The number of halogens is 4. The highest BCUT2D eigenvalue weighted by atomic mass is 35.5. The van der Waals surface area contributed by atoms with Crippen LogP contribution in [-0.4, -0.2) is 18.9 Å². The maximum atomic E-state index is 12.8. The lowest BCUT2D eigenvalue weighted by molar-refractivity contribution is -0.137. The number of hydrazine groups is 2. The Labute approximate surface area is 157 Å². The van der Waals surface area contributed by atoms with Crippen LogP contribution in [0.25, 0.3) is 0 Å². The molecule has 0 heterocycles. The van der Waals surface area contributed by atoms with Gasteiger partial charge in [-0.05, 0) is 36.4 Å². The highest BCUT2D eigenvalue weighted by Gasteiger charge is 2.33. The summed E-state index contributed by atoms with van der Waals surface area (Å²) < 4.78 is 43.6. The Balaban J connectivity index is 2.01. The van der Waals surface area contributed by atoms with Gasteiger partial charge >= 0.3 is 6.18 Å². The predicted octanol–water partition coefficient (Wildman–Crippen LogP) is 3.17. The average Bonchev–Trinajstić information content (AvgIpc) is 2.61. The molecule has 0 saturated carbocycles. The minimum atomic E-state index is -4.63. The van der Waals surface area contributed by atoms with Crippen LogP contribution in [0.15, 0.2) is 42.5 Å². The van der Waals surface area contributed by atoms with Crippen molar-refractivity contribution in [2.24, 2.45) is 5.84 Å². The Hall–Kier alpha value is -2.82. The summed E-state index contributed by atoms with van der Waals surface area (Å²) >= 11 is 5.53. The molecule has 1 amide bonds. The Bertz CT molecular complexity index is 832. The quantitative estimate of drug-likeness (QED) is 0.247. The van der Waals surface area contributed by atoms with Crippen molar-refractivity contribution in [3.8, 4) is 5.75 Å². The predicted molar refractivity (Wildman–Crippen MR) is 95.6 cm³/mol. The molecule has 2 rings (SSSR count). The first-order chi connectivity index (χ1) is 12.7. The van der Waals surface area contributed by atoms with Gasteiger partial charge in [-0.3, -0.25) is 21.1 Å². The van der Waals surface area contributed by atoms with Crippen molar-refractivity contribution in [2.45, 2.75) is 6.18 Å². The number of ether oxygens (including phenoxy) is 1. The fourth-order valence-electron chi connectivity index (χ4n) is 2.08. The molecule has 0 bridgehead atoms. The molecule has 27 heavy (non-hydrogen) atoms. The molecule has 0 unspecified atom stereocenters. The van der Waals surface area contributed by atoms with Crippen LogP contribution in [0.5, 0.6) is 5.75 Å². The number of nitrogens with zero attached hydrogens (tertiary/aromatic N) is 1. The van der Waals surface area contributed by atoms with Gasteiger partial charge in [0.05, 0.1) is 16.3 Å². The lowest BCUT2D eigenvalue weighted by Gasteiger charge is -2.17. The topological polar surface area (TPSA) is 103 Å². The first-order valence-corrected chi connectivity index (χ1v) is 7.78. The molecule has 0 radical (unpaired) electrons. The van der Waals surface area contributed by atoms with Gasteiger partial charge in [0.2, 0.25) is 0 Å². The number of hydrogen-bond donors (Lipinski definition) is 4. The van der Waals surface area contributed by atoms with Crippen molar-refractivity contribution < 1.29 is 22.7 Å². The molecule has 0 aromatic heterocycles. The van der Waals surface area contributed by atoms with E-state index in [1.54, 1.807) is 18.2 Å². The minimum Gasteiger partial charge on any atom is -0.484 e. The van der Waals surface area contributed by atoms with Crippen LogP contribution in [-0.2, 0) is 11.0 Å². The third-order valence-corrected chi connectivity index (χ3v) is 3.62. The molecule has 2 aromatic carbocycles. The van der Waals surface area contributed by atoms with Crippen LogP contribution < -0.4 is 26.4 Å². The summed E-state index contributed by atoms with van der Waals surface area (Å²) in [6.07, 6.45) is -3.69. The fraction of sp³-hybridized carbons (Fsp3) is 0.125. The van der Waals surface area contributed by atoms with Gasteiger partial charge in [-0.25, -0.2) is 0 Å². The number of nitrogens with two attached hydrogens (primary N) is 1. The monoisotopic (exact) mass is 401 g/mol. The lowest BCUT2D eigenvalue weighted by atomic mass is 10.2. The van der Waals surface area contributed by atoms with Gasteiger partial charge in [-0.2, -0.15) is 18.7 Å². The molecule has 144 valence electrons. The molecule has 0 fully saturated rings. The van der Waals surface area contributed by atoms with Crippen molar-refractivity contribution in [2.75, 3.05) is 16.9 Å². The van der Waals surface area contributed by atoms with E-state index >= 15 is 0 Å². The van der Waals surface area contributed by atoms with Gasteiger partial charge in [0.1, 0.15) is 12.1 Å². The van der Waals surface area contributed by atoms with Gasteiger partial charge in [0, 0.05) is 5.69 Å². The normalized spacial score (nSPS) is 11.0. The number of rotatable bonds is 7. The van der Waals surface area contributed by atoms with Crippen molar-refractivity contribution in [3.63, 3.8) is 0 Å². The van der Waals surface area contributed by atoms with E-state index in [0.717, 1.165) is 18.5 Å². The highest BCUT2D eigenvalue weighted by molar-refractivity contribution is 6.31. The van der Waals surface area contributed by atoms with Gasteiger partial charge in [-0.15, -0.1) is 0 Å². The second-order valence-electron chi connectivity index (χ2n) is 5.15. The van der Waals surface area contributed by atoms with Crippen LogP contribution in [0.2, 0.25) is 5.02 Å². The van der Waals surface area contributed by atoms with Gasteiger partial charge in [-0.1, -0.05) is 17.7 Å². The van der Waals surface area contributed by atoms with Crippen molar-refractivity contribution in [1.82, 2.24) is 5.53 Å².